The average molecular weight is 491 g/mol. The maximum Gasteiger partial charge on any atom is 0.174 e. The van der Waals surface area contributed by atoms with Crippen LogP contribution in [0.1, 0.15) is 30.5 Å². The van der Waals surface area contributed by atoms with Crippen LogP contribution in [0.2, 0.25) is 0 Å². The number of benzene rings is 3. The Balaban J connectivity index is 0.00000148. The molecule has 0 amide bonds. The summed E-state index contributed by atoms with van der Waals surface area (Å²) in [6, 6.07) is 14.9. The number of hydrogen-bond acceptors (Lipinski definition) is 4. The van der Waals surface area contributed by atoms with Crippen LogP contribution in [-0.2, 0) is 20.0 Å². The van der Waals surface area contributed by atoms with Gasteiger partial charge in [0, 0.05) is 37.2 Å². The number of aromatic amines is 1. The summed E-state index contributed by atoms with van der Waals surface area (Å²) in [5.41, 5.74) is 11.5. The molecule has 5 aromatic rings. The van der Waals surface area contributed by atoms with Gasteiger partial charge in [0.05, 0.1) is 23.2 Å². The fraction of sp³-hybridized carbons (Fsp3) is 0.250. The number of imidazole rings is 1. The van der Waals surface area contributed by atoms with Crippen molar-refractivity contribution >= 4 is 33.3 Å². The smallest absolute Gasteiger partial charge is 0.174 e. The Kier molecular flexibility index (Phi) is 7.97. The van der Waals surface area contributed by atoms with Crippen LogP contribution in [0.25, 0.3) is 21.9 Å². The molecule has 0 unspecified atom stereocenters. The Morgan fingerprint density at radius 1 is 1.00 bits per heavy atom. The lowest BCUT2D eigenvalue weighted by Gasteiger charge is -2.16. The van der Waals surface area contributed by atoms with Gasteiger partial charge in [-0.25, -0.2) is 13.8 Å². The van der Waals surface area contributed by atoms with Gasteiger partial charge in [0.25, 0.3) is 0 Å². The quantitative estimate of drug-likeness (QED) is 0.153. The van der Waals surface area contributed by atoms with Gasteiger partial charge in [0.1, 0.15) is 11.3 Å². The van der Waals surface area contributed by atoms with Crippen molar-refractivity contribution in [3.05, 3.63) is 89.4 Å². The molecule has 0 aliphatic heterocycles. The van der Waals surface area contributed by atoms with Gasteiger partial charge in [-0.2, -0.15) is 0 Å². The second kappa shape index (κ2) is 11.3. The highest BCUT2D eigenvalue weighted by atomic mass is 19.1. The zero-order valence-corrected chi connectivity index (χ0v) is 21.0. The fourth-order valence-corrected chi connectivity index (χ4v) is 4.19. The minimum absolute atomic E-state index is 0.208. The number of hydrazine groups is 1. The van der Waals surface area contributed by atoms with Gasteiger partial charge in [-0.05, 0) is 54.3 Å². The third-order valence-electron chi connectivity index (χ3n) is 6.02. The van der Waals surface area contributed by atoms with E-state index in [0.717, 1.165) is 17.5 Å². The molecule has 0 aliphatic rings. The van der Waals surface area contributed by atoms with E-state index in [4.69, 9.17) is 0 Å². The molecule has 4 N–H and O–H groups in total. The summed E-state index contributed by atoms with van der Waals surface area (Å²) in [6.07, 6.45) is 4.42. The highest BCUT2D eigenvalue weighted by Gasteiger charge is 2.18. The summed E-state index contributed by atoms with van der Waals surface area (Å²) in [5.74, 6) is -0.940. The highest BCUT2D eigenvalue weighted by Crippen LogP contribution is 2.31. The van der Waals surface area contributed by atoms with Crippen molar-refractivity contribution in [2.45, 2.75) is 33.7 Å². The van der Waals surface area contributed by atoms with Crippen LogP contribution in [0.15, 0.2) is 61.1 Å². The van der Waals surface area contributed by atoms with Crippen molar-refractivity contribution in [2.24, 2.45) is 7.05 Å². The Morgan fingerprint density at radius 3 is 2.61 bits per heavy atom. The highest BCUT2D eigenvalue weighted by molar-refractivity contribution is 5.84. The van der Waals surface area contributed by atoms with E-state index in [1.165, 1.54) is 17.0 Å². The first-order valence-electron chi connectivity index (χ1n) is 12.2. The zero-order chi connectivity index (χ0) is 25.7. The number of H-pyrrole nitrogens is 1. The first kappa shape index (κ1) is 25.3. The van der Waals surface area contributed by atoms with Gasteiger partial charge in [0.15, 0.2) is 5.82 Å². The number of para-hydroxylation sites is 1. The third kappa shape index (κ3) is 5.24. The molecule has 6 nitrogen and oxygen atoms in total. The van der Waals surface area contributed by atoms with Crippen LogP contribution >= 0.6 is 0 Å². The summed E-state index contributed by atoms with van der Waals surface area (Å²) < 4.78 is 31.7. The lowest BCUT2D eigenvalue weighted by Crippen LogP contribution is -2.33. The molecule has 0 saturated carbocycles. The predicted octanol–water partition coefficient (Wildman–Crippen LogP) is 6.25. The maximum atomic E-state index is 15.4. The largest absolute Gasteiger partial charge is 0.361 e. The van der Waals surface area contributed by atoms with Crippen molar-refractivity contribution in [1.82, 2.24) is 25.4 Å². The van der Waals surface area contributed by atoms with Gasteiger partial charge >= 0.3 is 0 Å². The molecule has 0 fully saturated rings. The maximum absolute atomic E-state index is 15.4. The summed E-state index contributed by atoms with van der Waals surface area (Å²) in [7, 11) is 1.82. The molecule has 0 atom stereocenters. The number of nitrogens with one attached hydrogen (secondary N) is 4. The number of halogens is 2. The second-order valence-corrected chi connectivity index (χ2v) is 8.45. The van der Waals surface area contributed by atoms with E-state index in [9.17, 15) is 4.39 Å². The summed E-state index contributed by atoms with van der Waals surface area (Å²) in [6.45, 7) is 6.83. The van der Waals surface area contributed by atoms with Crippen molar-refractivity contribution in [3.63, 3.8) is 0 Å². The number of fused-ring (bicyclic) bond motifs is 2. The second-order valence-electron chi connectivity index (χ2n) is 8.45. The van der Waals surface area contributed by atoms with E-state index in [1.54, 1.807) is 23.0 Å². The molecule has 0 spiro atoms. The first-order valence-corrected chi connectivity index (χ1v) is 12.2. The zero-order valence-electron chi connectivity index (χ0n) is 21.0. The van der Waals surface area contributed by atoms with Gasteiger partial charge in [-0.15, -0.1) is 0 Å². The number of nitrogens with zero attached hydrogens (tertiary/aromatic N) is 2. The van der Waals surface area contributed by atoms with Gasteiger partial charge in [-0.1, -0.05) is 38.1 Å². The van der Waals surface area contributed by atoms with E-state index < -0.39 is 11.6 Å². The molecule has 2 heterocycles. The molecule has 8 heteroatoms. The standard InChI is InChI=1S/C26H26F2N6.C2H6/c1-16-7-8-22(20(27)11-16)33-25-18(12-23-26(24(25)28)30-15-34(23)2)14-32-31-10-9-17-13-29-21-6-4-3-5-19(17)21;1-2/h3-8,11-13,15,29,31-33H,9-10,14H2,1-2H3;1-2H3. The summed E-state index contributed by atoms with van der Waals surface area (Å²) in [4.78, 5) is 7.46. The van der Waals surface area contributed by atoms with E-state index in [1.807, 2.05) is 52.2 Å². The predicted molar refractivity (Wildman–Crippen MR) is 143 cm³/mol. The lowest BCUT2D eigenvalue weighted by atomic mass is 10.1. The summed E-state index contributed by atoms with van der Waals surface area (Å²) in [5, 5.41) is 4.16. The molecule has 36 heavy (non-hydrogen) atoms. The number of anilines is 2. The fourth-order valence-electron chi connectivity index (χ4n) is 4.19. The van der Waals surface area contributed by atoms with Crippen LogP contribution in [0.5, 0.6) is 0 Å². The molecule has 5 rings (SSSR count). The summed E-state index contributed by atoms with van der Waals surface area (Å²) >= 11 is 0. The number of aromatic nitrogens is 3. The Bertz CT molecular complexity index is 1470. The van der Waals surface area contributed by atoms with Crippen LogP contribution < -0.4 is 16.2 Å². The average Bonchev–Trinajstić information content (AvgIpc) is 3.47. The molecule has 0 saturated heterocycles. The van der Waals surface area contributed by atoms with E-state index in [0.29, 0.717) is 24.2 Å². The van der Waals surface area contributed by atoms with Crippen LogP contribution in [-0.4, -0.2) is 21.1 Å². The minimum atomic E-state index is -0.506. The molecule has 188 valence electrons. The number of rotatable bonds is 8. The Hall–Kier alpha value is -3.75. The first-order chi connectivity index (χ1) is 17.5. The molecule has 0 aliphatic carbocycles. The molecule has 3 aromatic carbocycles. The van der Waals surface area contributed by atoms with Gasteiger partial charge < -0.3 is 14.9 Å². The van der Waals surface area contributed by atoms with Crippen LogP contribution in [0, 0.1) is 18.6 Å². The topological polar surface area (TPSA) is 69.7 Å². The number of hydrogen-bond donors (Lipinski definition) is 4. The van der Waals surface area contributed by atoms with Crippen molar-refractivity contribution in [3.8, 4) is 0 Å². The normalized spacial score (nSPS) is 11.1. The van der Waals surface area contributed by atoms with E-state index in [2.05, 4.69) is 38.3 Å². The van der Waals surface area contributed by atoms with Crippen molar-refractivity contribution < 1.29 is 8.78 Å². The molecule has 0 bridgehead atoms. The molecule has 2 aromatic heterocycles. The Morgan fingerprint density at radius 2 is 1.81 bits per heavy atom. The number of aryl methyl sites for hydroxylation is 2. The molecular formula is C28H32F2N6. The van der Waals surface area contributed by atoms with E-state index in [-0.39, 0.29) is 16.9 Å². The third-order valence-corrected chi connectivity index (χ3v) is 6.02. The molecule has 0 radical (unpaired) electrons. The van der Waals surface area contributed by atoms with Crippen LogP contribution in [0.4, 0.5) is 20.2 Å². The SMILES string of the molecule is CC.Cc1ccc(Nc2c(CNNCCc3c[nH]c4ccccc34)cc3c(ncn3C)c2F)c(F)c1. The van der Waals surface area contributed by atoms with Gasteiger partial charge in [0.2, 0.25) is 0 Å². The van der Waals surface area contributed by atoms with Gasteiger partial charge in [-0.3, -0.25) is 10.9 Å². The minimum Gasteiger partial charge on any atom is -0.361 e. The van der Waals surface area contributed by atoms with Crippen molar-refractivity contribution in [2.75, 3.05) is 11.9 Å². The monoisotopic (exact) mass is 490 g/mol. The molecular weight excluding hydrogens is 458 g/mol. The lowest BCUT2D eigenvalue weighted by molar-refractivity contribution is 0.533. The van der Waals surface area contributed by atoms with Crippen molar-refractivity contribution in [1.29, 1.82) is 0 Å². The van der Waals surface area contributed by atoms with Crippen LogP contribution in [0.3, 0.4) is 0 Å². The van der Waals surface area contributed by atoms with E-state index >= 15 is 4.39 Å². The Labute approximate surface area is 209 Å².